The van der Waals surface area contributed by atoms with E-state index in [0.717, 1.165) is 0 Å². The van der Waals surface area contributed by atoms with E-state index >= 15 is 0 Å². The van der Waals surface area contributed by atoms with Crippen LogP contribution < -0.4 is 0 Å². The molecular formula is C18H28O8. The minimum absolute atomic E-state index is 0.0828. The van der Waals surface area contributed by atoms with Crippen molar-refractivity contribution in [1.29, 1.82) is 0 Å². The maximum Gasteiger partial charge on any atom is 0.308 e. The average Bonchev–Trinajstić information content (AvgIpc) is 2.67. The highest BCUT2D eigenvalue weighted by Gasteiger charge is 2.30. The van der Waals surface area contributed by atoms with E-state index in [4.69, 9.17) is 10.2 Å². The summed E-state index contributed by atoms with van der Waals surface area (Å²) in [5.41, 5.74) is 0. The van der Waals surface area contributed by atoms with E-state index in [0.29, 0.717) is 51.4 Å². The van der Waals surface area contributed by atoms with Crippen LogP contribution in [0.3, 0.4) is 0 Å². The van der Waals surface area contributed by atoms with Gasteiger partial charge < -0.3 is 19.7 Å². The number of esters is 2. The van der Waals surface area contributed by atoms with E-state index < -0.39 is 11.9 Å². The predicted molar refractivity (Wildman–Crippen MR) is 90.2 cm³/mol. The van der Waals surface area contributed by atoms with Gasteiger partial charge in [-0.05, 0) is 51.4 Å². The Hall–Kier alpha value is -2.12. The summed E-state index contributed by atoms with van der Waals surface area (Å²) in [4.78, 5) is 43.3. The Morgan fingerprint density at radius 2 is 0.808 bits per heavy atom. The van der Waals surface area contributed by atoms with Gasteiger partial charge in [-0.1, -0.05) is 0 Å². The van der Waals surface area contributed by atoms with Gasteiger partial charge in [0.2, 0.25) is 0 Å². The molecule has 0 amide bonds. The number of carboxylic acid groups (broad SMARTS) is 2. The van der Waals surface area contributed by atoms with Gasteiger partial charge in [-0.2, -0.15) is 0 Å². The first-order chi connectivity index (χ1) is 12.3. The molecule has 2 fully saturated rings. The molecule has 0 aliphatic heterocycles. The Morgan fingerprint density at radius 3 is 1.00 bits per heavy atom. The molecule has 0 aromatic rings. The molecule has 0 atom stereocenters. The van der Waals surface area contributed by atoms with Crippen LogP contribution in [0.15, 0.2) is 0 Å². The normalized spacial score (nSPS) is 28.1. The topological polar surface area (TPSA) is 127 Å². The molecule has 0 saturated heterocycles. The van der Waals surface area contributed by atoms with Gasteiger partial charge in [-0.15, -0.1) is 0 Å². The van der Waals surface area contributed by atoms with Crippen LogP contribution in [0.5, 0.6) is 0 Å². The zero-order valence-electron chi connectivity index (χ0n) is 15.3. The van der Waals surface area contributed by atoms with Crippen LogP contribution >= 0.6 is 0 Å². The molecule has 0 radical (unpaired) electrons. The monoisotopic (exact) mass is 372 g/mol. The zero-order chi connectivity index (χ0) is 19.7. The van der Waals surface area contributed by atoms with Gasteiger partial charge in [0.25, 0.3) is 0 Å². The highest BCUT2D eigenvalue weighted by molar-refractivity contribution is 5.74. The van der Waals surface area contributed by atoms with Crippen LogP contribution in [0.4, 0.5) is 0 Å². The van der Waals surface area contributed by atoms with Crippen molar-refractivity contribution in [3.8, 4) is 0 Å². The van der Waals surface area contributed by atoms with E-state index in [-0.39, 0.29) is 35.6 Å². The first-order valence-electron chi connectivity index (χ1n) is 8.91. The number of rotatable bonds is 4. The molecule has 0 heterocycles. The van der Waals surface area contributed by atoms with Crippen molar-refractivity contribution in [1.82, 2.24) is 0 Å². The van der Waals surface area contributed by atoms with Crippen LogP contribution in [-0.4, -0.2) is 48.3 Å². The summed E-state index contributed by atoms with van der Waals surface area (Å²) in [6.45, 7) is 0. The first kappa shape index (κ1) is 21.9. The van der Waals surface area contributed by atoms with E-state index in [1.54, 1.807) is 0 Å². The molecule has 2 rings (SSSR count). The highest BCUT2D eigenvalue weighted by atomic mass is 16.5. The number of ether oxygens (including phenoxy) is 2. The van der Waals surface area contributed by atoms with Crippen molar-refractivity contribution < 1.29 is 38.9 Å². The van der Waals surface area contributed by atoms with Gasteiger partial charge in [-0.3, -0.25) is 19.2 Å². The van der Waals surface area contributed by atoms with E-state index in [9.17, 15) is 19.2 Å². The fourth-order valence-corrected chi connectivity index (χ4v) is 3.49. The maximum atomic E-state index is 11.1. The summed E-state index contributed by atoms with van der Waals surface area (Å²) in [5, 5.41) is 17.4. The number of carbonyl (C=O) groups is 4. The minimum atomic E-state index is -0.747. The summed E-state index contributed by atoms with van der Waals surface area (Å²) in [6, 6.07) is 0. The van der Waals surface area contributed by atoms with Crippen LogP contribution in [0, 0.1) is 23.7 Å². The molecule has 0 bridgehead atoms. The standard InChI is InChI=1S/2C9H14O4/c2*1-13-9(12)7-4-2-6(3-5-7)8(10)11/h2*6-7H,2-5H2,1H3,(H,10,11). The van der Waals surface area contributed by atoms with Crippen LogP contribution in [-0.2, 0) is 28.7 Å². The number of hydrogen-bond donors (Lipinski definition) is 2. The third-order valence-corrected chi connectivity index (χ3v) is 5.22. The lowest BCUT2D eigenvalue weighted by Crippen LogP contribution is -2.26. The van der Waals surface area contributed by atoms with Crippen molar-refractivity contribution in [3.63, 3.8) is 0 Å². The second-order valence-electron chi connectivity index (χ2n) is 6.82. The third kappa shape index (κ3) is 6.65. The lowest BCUT2D eigenvalue weighted by atomic mass is 9.82. The Kier molecular flexibility index (Phi) is 9.09. The number of carboxylic acids is 2. The molecule has 2 saturated carbocycles. The van der Waals surface area contributed by atoms with E-state index in [2.05, 4.69) is 9.47 Å². The summed E-state index contributed by atoms with van der Waals surface area (Å²) in [5.74, 6) is -2.60. The SMILES string of the molecule is COC(=O)C1CCC(C(=O)O)CC1.COC(=O)C1CCC(C(=O)O)CC1. The fraction of sp³-hybridized carbons (Fsp3) is 0.778. The van der Waals surface area contributed by atoms with Gasteiger partial charge in [0.1, 0.15) is 0 Å². The molecule has 0 unspecified atom stereocenters. The molecule has 8 nitrogen and oxygen atoms in total. The second-order valence-corrected chi connectivity index (χ2v) is 6.82. The Morgan fingerprint density at radius 1 is 0.577 bits per heavy atom. The molecule has 2 aliphatic carbocycles. The third-order valence-electron chi connectivity index (χ3n) is 5.22. The molecule has 0 aromatic carbocycles. The van der Waals surface area contributed by atoms with Crippen molar-refractivity contribution in [2.24, 2.45) is 23.7 Å². The molecule has 148 valence electrons. The summed E-state index contributed by atoms with van der Waals surface area (Å²) in [6.07, 6.45) is 4.94. The van der Waals surface area contributed by atoms with Crippen LogP contribution in [0.1, 0.15) is 51.4 Å². The van der Waals surface area contributed by atoms with Crippen LogP contribution in [0.25, 0.3) is 0 Å². The molecule has 2 N–H and O–H groups in total. The number of carbonyl (C=O) groups excluding carboxylic acids is 2. The Bertz CT molecular complexity index is 453. The van der Waals surface area contributed by atoms with Crippen molar-refractivity contribution in [2.45, 2.75) is 51.4 Å². The Balaban J connectivity index is 0.000000260. The van der Waals surface area contributed by atoms with Gasteiger partial charge >= 0.3 is 23.9 Å². The average molecular weight is 372 g/mol. The molecule has 26 heavy (non-hydrogen) atoms. The van der Waals surface area contributed by atoms with Crippen molar-refractivity contribution in [3.05, 3.63) is 0 Å². The second kappa shape index (κ2) is 10.8. The molecule has 8 heteroatoms. The van der Waals surface area contributed by atoms with Gasteiger partial charge in [-0.25, -0.2) is 0 Å². The Labute approximate surface area is 152 Å². The molecule has 0 spiro atoms. The largest absolute Gasteiger partial charge is 0.481 e. The van der Waals surface area contributed by atoms with Gasteiger partial charge in [0, 0.05) is 0 Å². The number of methoxy groups -OCH3 is 2. The van der Waals surface area contributed by atoms with Crippen molar-refractivity contribution in [2.75, 3.05) is 14.2 Å². The maximum absolute atomic E-state index is 11.1. The minimum Gasteiger partial charge on any atom is -0.481 e. The zero-order valence-corrected chi connectivity index (χ0v) is 15.3. The predicted octanol–water partition coefficient (Wildman–Crippen LogP) is 2.10. The molecule has 0 aromatic heterocycles. The summed E-state index contributed by atoms with van der Waals surface area (Å²) < 4.78 is 9.20. The molecule has 2 aliphatic rings. The fourth-order valence-electron chi connectivity index (χ4n) is 3.49. The van der Waals surface area contributed by atoms with Crippen LogP contribution in [0.2, 0.25) is 0 Å². The lowest BCUT2D eigenvalue weighted by Gasteiger charge is -2.23. The lowest BCUT2D eigenvalue weighted by molar-refractivity contribution is -0.150. The van der Waals surface area contributed by atoms with Crippen molar-refractivity contribution >= 4 is 23.9 Å². The number of hydrogen-bond acceptors (Lipinski definition) is 6. The van der Waals surface area contributed by atoms with Gasteiger partial charge in [0.05, 0.1) is 37.9 Å². The highest BCUT2D eigenvalue weighted by Crippen LogP contribution is 2.30. The smallest absolute Gasteiger partial charge is 0.308 e. The van der Waals surface area contributed by atoms with E-state index in [1.165, 1.54) is 14.2 Å². The summed E-state index contributed by atoms with van der Waals surface area (Å²) in [7, 11) is 2.73. The van der Waals surface area contributed by atoms with E-state index in [1.807, 2.05) is 0 Å². The first-order valence-corrected chi connectivity index (χ1v) is 8.91. The summed E-state index contributed by atoms with van der Waals surface area (Å²) >= 11 is 0. The van der Waals surface area contributed by atoms with Gasteiger partial charge in [0.15, 0.2) is 0 Å². The molecular weight excluding hydrogens is 344 g/mol. The quantitative estimate of drug-likeness (QED) is 0.718. The number of aliphatic carboxylic acids is 2.